The van der Waals surface area contributed by atoms with E-state index in [1.807, 2.05) is 0 Å². The van der Waals surface area contributed by atoms with Crippen molar-refractivity contribution in [3.05, 3.63) is 60.7 Å². The van der Waals surface area contributed by atoms with E-state index < -0.39 is 10.8 Å². The van der Waals surface area contributed by atoms with Crippen LogP contribution < -0.4 is 10.2 Å². The Balaban J connectivity index is 1.80. The molecule has 3 rings (SSSR count). The Morgan fingerprint density at radius 1 is 1.32 bits per heavy atom. The summed E-state index contributed by atoms with van der Waals surface area (Å²) in [6, 6.07) is 6.95. The fourth-order valence-electron chi connectivity index (χ4n) is 2.33. The lowest BCUT2D eigenvalue weighted by Gasteiger charge is -2.09. The molecule has 1 amide bonds. The highest BCUT2D eigenvalue weighted by molar-refractivity contribution is 9.13. The van der Waals surface area contributed by atoms with Crippen molar-refractivity contribution in [1.82, 2.24) is 5.43 Å². The number of ether oxygens (including phenoxy) is 1. The average Bonchev–Trinajstić information content (AvgIpc) is 3.11. The second-order valence-corrected chi connectivity index (χ2v) is 7.02. The topological polar surface area (TPSA) is 127 Å². The van der Waals surface area contributed by atoms with Crippen LogP contribution in [0.4, 0.5) is 5.69 Å². The number of halogens is 2. The molecular weight excluding hydrogens is 502 g/mol. The number of nitro benzene ring substituents is 1. The maximum Gasteiger partial charge on any atom is 0.307 e. The number of rotatable bonds is 5. The van der Waals surface area contributed by atoms with Gasteiger partial charge < -0.3 is 14.3 Å². The van der Waals surface area contributed by atoms with Gasteiger partial charge in [0, 0.05) is 27.6 Å². The van der Waals surface area contributed by atoms with E-state index in [0.717, 1.165) is 0 Å². The quantitative estimate of drug-likeness (QED) is 0.297. The van der Waals surface area contributed by atoms with Crippen molar-refractivity contribution in [2.45, 2.75) is 0 Å². The number of nitro groups is 1. The Hall–Kier alpha value is -2.92. The summed E-state index contributed by atoms with van der Waals surface area (Å²) in [7, 11) is 1.41. The van der Waals surface area contributed by atoms with Gasteiger partial charge in [0.05, 0.1) is 22.7 Å². The van der Waals surface area contributed by atoms with Crippen LogP contribution in [0.15, 0.2) is 48.8 Å². The molecule has 3 aromatic rings. The van der Waals surface area contributed by atoms with Gasteiger partial charge in [-0.2, -0.15) is 5.10 Å². The monoisotopic (exact) mass is 511 g/mol. The van der Waals surface area contributed by atoms with Crippen LogP contribution in [0.1, 0.15) is 16.1 Å². The fourth-order valence-corrected chi connectivity index (χ4v) is 3.16. The summed E-state index contributed by atoms with van der Waals surface area (Å²) in [4.78, 5) is 22.5. The second kappa shape index (κ2) is 7.98. The lowest BCUT2D eigenvalue weighted by atomic mass is 10.2. The number of methoxy groups -OCH3 is 1. The third-order valence-electron chi connectivity index (χ3n) is 3.70. The highest BCUT2D eigenvalue weighted by Crippen LogP contribution is 2.41. The zero-order valence-corrected chi connectivity index (χ0v) is 17.3. The maximum atomic E-state index is 12.2. The summed E-state index contributed by atoms with van der Waals surface area (Å²) in [6.07, 6.45) is 1.35. The number of non-ortho nitro benzene ring substituents is 1. The first-order valence-corrected chi connectivity index (χ1v) is 9.16. The van der Waals surface area contributed by atoms with E-state index in [0.29, 0.717) is 25.5 Å². The zero-order chi connectivity index (χ0) is 20.4. The molecule has 0 saturated carbocycles. The van der Waals surface area contributed by atoms with E-state index in [1.54, 1.807) is 0 Å². The number of nitrogens with zero attached hydrogens (tertiary/aromatic N) is 2. The maximum absolute atomic E-state index is 12.2. The van der Waals surface area contributed by atoms with Crippen molar-refractivity contribution >= 4 is 60.6 Å². The number of hydrazone groups is 1. The van der Waals surface area contributed by atoms with Crippen molar-refractivity contribution in [2.24, 2.45) is 5.10 Å². The predicted molar refractivity (Wildman–Crippen MR) is 108 cm³/mol. The first-order valence-electron chi connectivity index (χ1n) is 7.58. The highest BCUT2D eigenvalue weighted by Gasteiger charge is 2.16. The number of phenols is 1. The molecule has 0 atom stereocenters. The standard InChI is InChI=1S/C17H11Br2N3O6/c1-27-12-6-9(14(18)15(19)16(12)23)7-20-21-17(24)13-5-8-4-10(22(25)26)2-3-11(8)28-13/h2-7,23H,1H3,(H,21,24). The minimum absolute atomic E-state index is 0.0452. The van der Waals surface area contributed by atoms with Crippen molar-refractivity contribution < 1.29 is 24.0 Å². The molecular formula is C17H11Br2N3O6. The largest absolute Gasteiger partial charge is 0.503 e. The minimum Gasteiger partial charge on any atom is -0.503 e. The third kappa shape index (κ3) is 3.85. The van der Waals surface area contributed by atoms with Gasteiger partial charge in [-0.05, 0) is 50.1 Å². The van der Waals surface area contributed by atoms with Crippen molar-refractivity contribution in [3.63, 3.8) is 0 Å². The average molecular weight is 513 g/mol. The van der Waals surface area contributed by atoms with E-state index in [4.69, 9.17) is 9.15 Å². The lowest BCUT2D eigenvalue weighted by molar-refractivity contribution is -0.384. The number of carbonyl (C=O) groups excluding carboxylic acids is 1. The van der Waals surface area contributed by atoms with Gasteiger partial charge in [-0.3, -0.25) is 14.9 Å². The van der Waals surface area contributed by atoms with Gasteiger partial charge in [0.2, 0.25) is 0 Å². The molecule has 28 heavy (non-hydrogen) atoms. The summed E-state index contributed by atoms with van der Waals surface area (Å²) >= 11 is 6.53. The molecule has 0 radical (unpaired) electrons. The van der Waals surface area contributed by atoms with Crippen LogP contribution in [0.5, 0.6) is 11.5 Å². The van der Waals surface area contributed by atoms with E-state index in [2.05, 4.69) is 42.4 Å². The Morgan fingerprint density at radius 2 is 2.07 bits per heavy atom. The van der Waals surface area contributed by atoms with Gasteiger partial charge in [-0.1, -0.05) is 0 Å². The number of aromatic hydroxyl groups is 1. The molecule has 0 fully saturated rings. The van der Waals surface area contributed by atoms with E-state index in [1.165, 1.54) is 43.7 Å². The van der Waals surface area contributed by atoms with Gasteiger partial charge in [0.25, 0.3) is 5.69 Å². The van der Waals surface area contributed by atoms with Crippen molar-refractivity contribution in [3.8, 4) is 11.5 Å². The lowest BCUT2D eigenvalue weighted by Crippen LogP contribution is -2.16. The normalized spacial score (nSPS) is 11.1. The molecule has 2 aromatic carbocycles. The zero-order valence-electron chi connectivity index (χ0n) is 14.1. The third-order valence-corrected chi connectivity index (χ3v) is 5.86. The number of furan rings is 1. The van der Waals surface area contributed by atoms with Crippen molar-refractivity contribution in [1.29, 1.82) is 0 Å². The van der Waals surface area contributed by atoms with Crippen LogP contribution in [-0.2, 0) is 0 Å². The van der Waals surface area contributed by atoms with Gasteiger partial charge in [-0.15, -0.1) is 0 Å². The molecule has 1 aromatic heterocycles. The van der Waals surface area contributed by atoms with E-state index in [-0.39, 0.29) is 22.9 Å². The van der Waals surface area contributed by atoms with Gasteiger partial charge in [0.15, 0.2) is 17.3 Å². The Bertz CT molecular complexity index is 1130. The molecule has 0 saturated heterocycles. The molecule has 0 bridgehead atoms. The molecule has 9 nitrogen and oxygen atoms in total. The number of hydrogen-bond acceptors (Lipinski definition) is 7. The van der Waals surface area contributed by atoms with E-state index >= 15 is 0 Å². The van der Waals surface area contributed by atoms with Crippen LogP contribution in [0.3, 0.4) is 0 Å². The summed E-state index contributed by atoms with van der Waals surface area (Å²) in [5.41, 5.74) is 3.08. The number of amides is 1. The smallest absolute Gasteiger partial charge is 0.307 e. The molecule has 0 aliphatic heterocycles. The summed E-state index contributed by atoms with van der Waals surface area (Å²) < 4.78 is 11.3. The molecule has 11 heteroatoms. The van der Waals surface area contributed by atoms with E-state index in [9.17, 15) is 20.0 Å². The van der Waals surface area contributed by atoms with Crippen LogP contribution >= 0.6 is 31.9 Å². The molecule has 0 spiro atoms. The van der Waals surface area contributed by atoms with Crippen molar-refractivity contribution in [2.75, 3.05) is 7.11 Å². The van der Waals surface area contributed by atoms with Crippen LogP contribution in [0.25, 0.3) is 11.0 Å². The summed E-state index contributed by atoms with van der Waals surface area (Å²) in [5, 5.41) is 25.0. The SMILES string of the molecule is COc1cc(C=NNC(=O)c2cc3cc([N+](=O)[O-])ccc3o2)c(Br)c(Br)c1O. The highest BCUT2D eigenvalue weighted by atomic mass is 79.9. The predicted octanol–water partition coefficient (Wildman–Crippen LogP) is 4.34. The Morgan fingerprint density at radius 3 is 2.75 bits per heavy atom. The first kappa shape index (κ1) is 19.8. The number of carbonyl (C=O) groups is 1. The Kier molecular flexibility index (Phi) is 5.66. The summed E-state index contributed by atoms with van der Waals surface area (Å²) in [6.45, 7) is 0. The van der Waals surface area contributed by atoms with Crippen LogP contribution in [-0.4, -0.2) is 29.3 Å². The molecule has 0 aliphatic rings. The first-order chi connectivity index (χ1) is 13.3. The van der Waals surface area contributed by atoms with Gasteiger partial charge in [0.1, 0.15) is 5.58 Å². The number of fused-ring (bicyclic) bond motifs is 1. The van der Waals surface area contributed by atoms with Crippen LogP contribution in [0, 0.1) is 10.1 Å². The number of benzene rings is 2. The van der Waals surface area contributed by atoms with Crippen LogP contribution in [0.2, 0.25) is 0 Å². The number of nitrogens with one attached hydrogen (secondary N) is 1. The summed E-state index contributed by atoms with van der Waals surface area (Å²) in [5.74, 6) is -0.527. The molecule has 0 aliphatic carbocycles. The molecule has 144 valence electrons. The van der Waals surface area contributed by atoms with Gasteiger partial charge >= 0.3 is 5.91 Å². The number of phenolic OH excluding ortho intramolecular Hbond substituents is 1. The van der Waals surface area contributed by atoms with Gasteiger partial charge in [-0.25, -0.2) is 5.43 Å². The molecule has 0 unspecified atom stereocenters. The second-order valence-electron chi connectivity index (χ2n) is 5.43. The molecule has 2 N–H and O–H groups in total. The Labute approximate surface area is 174 Å². The molecule has 1 heterocycles. The minimum atomic E-state index is -0.629. The fraction of sp³-hybridized carbons (Fsp3) is 0.0588. The number of hydrogen-bond donors (Lipinski definition) is 2.